The fourth-order valence-electron chi connectivity index (χ4n) is 1.87. The Morgan fingerprint density at radius 2 is 2.00 bits per heavy atom. The highest BCUT2D eigenvalue weighted by atomic mass is 16.5. The summed E-state index contributed by atoms with van der Waals surface area (Å²) in [6.07, 6.45) is 1.63. The van der Waals surface area contributed by atoms with Crippen molar-refractivity contribution >= 4 is 5.97 Å². The first-order valence-electron chi connectivity index (χ1n) is 7.41. The van der Waals surface area contributed by atoms with Gasteiger partial charge in [-0.2, -0.15) is 0 Å². The van der Waals surface area contributed by atoms with Crippen LogP contribution in [0.4, 0.5) is 0 Å². The smallest absolute Gasteiger partial charge is 0.354 e. The van der Waals surface area contributed by atoms with E-state index < -0.39 is 5.97 Å². The van der Waals surface area contributed by atoms with Gasteiger partial charge in [0, 0.05) is 35.6 Å². The summed E-state index contributed by atoms with van der Waals surface area (Å²) in [7, 11) is 3.96. The molecule has 0 amide bonds. The fraction of sp³-hybridized carbons (Fsp3) is 0.278. The summed E-state index contributed by atoms with van der Waals surface area (Å²) >= 11 is 0. The van der Waals surface area contributed by atoms with E-state index in [4.69, 9.17) is 9.84 Å². The molecule has 0 bridgehead atoms. The van der Waals surface area contributed by atoms with Gasteiger partial charge in [0.2, 0.25) is 5.88 Å². The van der Waals surface area contributed by atoms with Gasteiger partial charge < -0.3 is 14.7 Å². The number of carboxylic acids is 1. The van der Waals surface area contributed by atoms with Gasteiger partial charge >= 0.3 is 5.97 Å². The van der Waals surface area contributed by atoms with Crippen LogP contribution in [0.25, 0.3) is 0 Å². The van der Waals surface area contributed by atoms with Gasteiger partial charge in [-0.05, 0) is 39.2 Å². The number of aromatic nitrogens is 2. The van der Waals surface area contributed by atoms with Crippen molar-refractivity contribution in [3.05, 3.63) is 53.0 Å². The zero-order chi connectivity index (χ0) is 17.5. The minimum atomic E-state index is -1.07. The van der Waals surface area contributed by atoms with Crippen molar-refractivity contribution in [1.82, 2.24) is 14.9 Å². The lowest BCUT2D eigenvalue weighted by Gasteiger charge is -2.09. The van der Waals surface area contributed by atoms with E-state index in [-0.39, 0.29) is 5.69 Å². The molecule has 0 aliphatic heterocycles. The average molecular weight is 325 g/mol. The number of likely N-dealkylation sites (N-methyl/N-ethyl adjacent to an activating group) is 1. The Kier molecular flexibility index (Phi) is 5.88. The highest BCUT2D eigenvalue weighted by molar-refractivity contribution is 5.85. The molecule has 2 rings (SSSR count). The number of pyridine rings is 2. The molecule has 1 N–H and O–H groups in total. The number of nitrogens with zero attached hydrogens (tertiary/aromatic N) is 3. The maximum atomic E-state index is 11.0. The van der Waals surface area contributed by atoms with E-state index in [0.29, 0.717) is 23.7 Å². The van der Waals surface area contributed by atoms with E-state index in [2.05, 4.69) is 21.8 Å². The Morgan fingerprint density at radius 3 is 2.62 bits per heavy atom. The van der Waals surface area contributed by atoms with E-state index in [1.807, 2.05) is 25.1 Å². The number of ether oxygens (including phenoxy) is 1. The molecule has 24 heavy (non-hydrogen) atoms. The van der Waals surface area contributed by atoms with Crippen molar-refractivity contribution in [3.63, 3.8) is 0 Å². The lowest BCUT2D eigenvalue weighted by molar-refractivity contribution is 0.0690. The molecule has 6 nitrogen and oxygen atoms in total. The van der Waals surface area contributed by atoms with Crippen molar-refractivity contribution in [2.75, 3.05) is 27.2 Å². The molecule has 0 aromatic carbocycles. The van der Waals surface area contributed by atoms with Crippen LogP contribution in [-0.2, 0) is 0 Å². The Morgan fingerprint density at radius 1 is 1.25 bits per heavy atom. The SMILES string of the molecule is Cc1cc(C#Cc2ccc(OCCN(C)C)nc2)cc(C(=O)O)n1. The zero-order valence-corrected chi connectivity index (χ0v) is 13.9. The van der Waals surface area contributed by atoms with Gasteiger partial charge in [0.05, 0.1) is 0 Å². The van der Waals surface area contributed by atoms with Crippen molar-refractivity contribution in [2.24, 2.45) is 0 Å². The van der Waals surface area contributed by atoms with Crippen LogP contribution in [0.5, 0.6) is 5.88 Å². The summed E-state index contributed by atoms with van der Waals surface area (Å²) in [4.78, 5) is 21.2. The molecular weight excluding hydrogens is 306 g/mol. The predicted molar refractivity (Wildman–Crippen MR) is 90.2 cm³/mol. The third kappa shape index (κ3) is 5.38. The molecular formula is C18H19N3O3. The van der Waals surface area contributed by atoms with Gasteiger partial charge in [-0.15, -0.1) is 0 Å². The molecule has 0 aliphatic rings. The molecule has 0 fully saturated rings. The van der Waals surface area contributed by atoms with E-state index in [1.54, 1.807) is 25.3 Å². The van der Waals surface area contributed by atoms with E-state index in [0.717, 1.165) is 12.1 Å². The van der Waals surface area contributed by atoms with Gasteiger partial charge in [0.25, 0.3) is 0 Å². The van der Waals surface area contributed by atoms with Crippen LogP contribution in [0.3, 0.4) is 0 Å². The second-order valence-electron chi connectivity index (χ2n) is 5.47. The molecule has 0 saturated heterocycles. The molecule has 6 heteroatoms. The number of rotatable bonds is 5. The maximum absolute atomic E-state index is 11.0. The molecule has 2 aromatic rings. The molecule has 0 unspecified atom stereocenters. The first-order valence-corrected chi connectivity index (χ1v) is 7.41. The number of hydrogen-bond donors (Lipinski definition) is 1. The summed E-state index contributed by atoms with van der Waals surface area (Å²) in [5.74, 6) is 5.38. The van der Waals surface area contributed by atoms with E-state index in [9.17, 15) is 4.79 Å². The molecule has 124 valence electrons. The maximum Gasteiger partial charge on any atom is 0.354 e. The Labute approximate surface area is 141 Å². The number of carbonyl (C=O) groups is 1. The monoisotopic (exact) mass is 325 g/mol. The molecule has 0 aliphatic carbocycles. The van der Waals surface area contributed by atoms with Crippen LogP contribution in [0.1, 0.15) is 27.3 Å². The van der Waals surface area contributed by atoms with Crippen LogP contribution in [0.15, 0.2) is 30.5 Å². The lowest BCUT2D eigenvalue weighted by Crippen LogP contribution is -2.19. The Hall–Kier alpha value is -2.91. The molecule has 2 heterocycles. The van der Waals surface area contributed by atoms with Crippen LogP contribution < -0.4 is 4.74 Å². The third-order valence-electron chi connectivity index (χ3n) is 3.05. The first-order chi connectivity index (χ1) is 11.4. The summed E-state index contributed by atoms with van der Waals surface area (Å²) in [6.45, 7) is 3.12. The zero-order valence-electron chi connectivity index (χ0n) is 13.9. The third-order valence-corrected chi connectivity index (χ3v) is 3.05. The fourth-order valence-corrected chi connectivity index (χ4v) is 1.87. The van der Waals surface area contributed by atoms with Crippen molar-refractivity contribution in [1.29, 1.82) is 0 Å². The average Bonchev–Trinajstić information content (AvgIpc) is 2.53. The van der Waals surface area contributed by atoms with E-state index in [1.165, 1.54) is 6.07 Å². The topological polar surface area (TPSA) is 75.5 Å². The second kappa shape index (κ2) is 8.09. The number of hydrogen-bond acceptors (Lipinski definition) is 5. The van der Waals surface area contributed by atoms with Crippen LogP contribution in [0.2, 0.25) is 0 Å². The molecule has 2 aromatic heterocycles. The van der Waals surface area contributed by atoms with Crippen LogP contribution >= 0.6 is 0 Å². The molecule has 0 spiro atoms. The first kappa shape index (κ1) is 17.4. The van der Waals surface area contributed by atoms with E-state index >= 15 is 0 Å². The van der Waals surface area contributed by atoms with Crippen molar-refractivity contribution < 1.29 is 14.6 Å². The van der Waals surface area contributed by atoms with Gasteiger partial charge in [-0.3, -0.25) is 0 Å². The van der Waals surface area contributed by atoms with Crippen LogP contribution in [-0.4, -0.2) is 53.2 Å². The summed E-state index contributed by atoms with van der Waals surface area (Å²) in [5, 5.41) is 9.02. The normalized spacial score (nSPS) is 10.2. The molecule has 0 atom stereocenters. The van der Waals surface area contributed by atoms with Gasteiger partial charge in [0.15, 0.2) is 0 Å². The largest absolute Gasteiger partial charge is 0.477 e. The van der Waals surface area contributed by atoms with Crippen LogP contribution in [0, 0.1) is 18.8 Å². The number of carboxylic acid groups (broad SMARTS) is 1. The highest BCUT2D eigenvalue weighted by Gasteiger charge is 2.05. The number of aryl methyl sites for hydroxylation is 1. The Bertz CT molecular complexity index is 774. The minimum absolute atomic E-state index is 0.0120. The van der Waals surface area contributed by atoms with Gasteiger partial charge in [-0.1, -0.05) is 11.8 Å². The lowest BCUT2D eigenvalue weighted by atomic mass is 10.2. The highest BCUT2D eigenvalue weighted by Crippen LogP contribution is 2.08. The van der Waals surface area contributed by atoms with Gasteiger partial charge in [-0.25, -0.2) is 14.8 Å². The van der Waals surface area contributed by atoms with Crippen molar-refractivity contribution in [2.45, 2.75) is 6.92 Å². The molecule has 0 saturated carbocycles. The minimum Gasteiger partial charge on any atom is -0.477 e. The predicted octanol–water partition coefficient (Wildman–Crippen LogP) is 1.82. The summed E-state index contributed by atoms with van der Waals surface area (Å²) in [6, 6.07) is 6.78. The van der Waals surface area contributed by atoms with Gasteiger partial charge in [0.1, 0.15) is 12.3 Å². The molecule has 0 radical (unpaired) electrons. The van der Waals surface area contributed by atoms with Crippen molar-refractivity contribution in [3.8, 4) is 17.7 Å². The standard InChI is InChI=1S/C18H19N3O3/c1-13-10-15(11-16(20-13)18(22)23)5-4-14-6-7-17(19-12-14)24-9-8-21(2)3/h6-7,10-12H,8-9H2,1-3H3,(H,22,23). The summed E-state index contributed by atoms with van der Waals surface area (Å²) in [5.41, 5.74) is 1.93. The number of aromatic carboxylic acids is 1. The Balaban J connectivity index is 2.07. The second-order valence-corrected chi connectivity index (χ2v) is 5.47. The summed E-state index contributed by atoms with van der Waals surface area (Å²) < 4.78 is 5.52. The quantitative estimate of drug-likeness (QED) is 0.845.